The van der Waals surface area contributed by atoms with Crippen molar-refractivity contribution in [3.05, 3.63) is 36.3 Å². The van der Waals surface area contributed by atoms with Gasteiger partial charge in [-0.25, -0.2) is 13.6 Å². The lowest BCUT2D eigenvalue weighted by Crippen LogP contribution is -2.46. The Morgan fingerprint density at radius 1 is 1.57 bits per heavy atom. The topological polar surface area (TPSA) is 50.2 Å². The fourth-order valence-electron chi connectivity index (χ4n) is 3.26. The van der Waals surface area contributed by atoms with Crippen molar-refractivity contribution in [1.82, 2.24) is 20.0 Å². The minimum atomic E-state index is -1.58. The number of aromatic nitrogens is 2. The maximum absolute atomic E-state index is 15.5. The summed E-state index contributed by atoms with van der Waals surface area (Å²) in [6.07, 6.45) is 7.04. The number of nitrogens with one attached hydrogen (secondary N) is 1. The highest BCUT2D eigenvalue weighted by atomic mass is 32.2. The van der Waals surface area contributed by atoms with Crippen LogP contribution in [0.5, 0.6) is 0 Å². The van der Waals surface area contributed by atoms with Gasteiger partial charge >= 0.3 is 6.03 Å². The third kappa shape index (κ3) is 5.80. The van der Waals surface area contributed by atoms with Crippen LogP contribution in [0.2, 0.25) is 0 Å². The molecule has 3 atom stereocenters. The van der Waals surface area contributed by atoms with Crippen LogP contribution < -0.4 is 5.32 Å². The van der Waals surface area contributed by atoms with E-state index < -0.39 is 10.9 Å². The Balaban J connectivity index is 1.97. The van der Waals surface area contributed by atoms with Gasteiger partial charge < -0.3 is 10.2 Å². The number of nitrogens with zero attached hydrogens (tertiary/aromatic N) is 3. The number of aryl methyl sites for hydroxylation is 1. The Morgan fingerprint density at radius 2 is 2.21 bits per heavy atom. The molecular weight excluding hydrogens is 401 g/mol. The zero-order chi connectivity index (χ0) is 20.9. The van der Waals surface area contributed by atoms with Crippen molar-refractivity contribution in [1.29, 1.82) is 0 Å². The van der Waals surface area contributed by atoms with Crippen molar-refractivity contribution in [2.75, 3.05) is 13.1 Å². The summed E-state index contributed by atoms with van der Waals surface area (Å²) in [4.78, 5) is 14.6. The normalized spacial score (nSPS) is 19.2. The van der Waals surface area contributed by atoms with Crippen molar-refractivity contribution < 1.29 is 13.6 Å². The number of hydrogen-bond acceptors (Lipinski definition) is 3. The Kier molecular flexibility index (Phi) is 8.07. The van der Waals surface area contributed by atoms with Gasteiger partial charge in [-0.05, 0) is 32.3 Å². The Hall–Kier alpha value is -1.40. The minimum Gasteiger partial charge on any atom is -0.325 e. The lowest BCUT2D eigenvalue weighted by Gasteiger charge is -2.37. The summed E-state index contributed by atoms with van der Waals surface area (Å²) in [7, 11) is 3.75. The number of thioether (sulfide) groups is 1. The van der Waals surface area contributed by atoms with E-state index in [1.54, 1.807) is 24.2 Å². The Morgan fingerprint density at radius 3 is 2.75 bits per heavy atom. The Bertz CT molecular complexity index is 728. The molecule has 0 spiro atoms. The predicted molar refractivity (Wildman–Crippen MR) is 114 cm³/mol. The van der Waals surface area contributed by atoms with Crippen LogP contribution in [0.4, 0.5) is 13.6 Å². The molecule has 1 aromatic heterocycles. The quantitative estimate of drug-likeness (QED) is 0.379. The van der Waals surface area contributed by atoms with Gasteiger partial charge in [0.15, 0.2) is 10.9 Å². The molecule has 1 aliphatic rings. The average Bonchev–Trinajstić information content (AvgIpc) is 3.01. The maximum atomic E-state index is 15.5. The number of allylic oxidation sites excluding steroid dienone is 2. The van der Waals surface area contributed by atoms with Crippen molar-refractivity contribution in [2.24, 2.45) is 13.0 Å². The van der Waals surface area contributed by atoms with Crippen LogP contribution in [0, 0.1) is 5.92 Å². The molecule has 0 radical (unpaired) electrons. The van der Waals surface area contributed by atoms with Crippen molar-refractivity contribution >= 4 is 27.0 Å². The highest BCUT2D eigenvalue weighted by molar-refractivity contribution is 8.00. The van der Waals surface area contributed by atoms with Crippen LogP contribution in [0.25, 0.3) is 0 Å². The second kappa shape index (κ2) is 9.88. The molecule has 1 fully saturated rings. The van der Waals surface area contributed by atoms with Crippen LogP contribution in [0.3, 0.4) is 0 Å². The molecule has 28 heavy (non-hydrogen) atoms. The summed E-state index contributed by atoms with van der Waals surface area (Å²) in [5.41, 5.74) is 0.917. The zero-order valence-electron chi connectivity index (χ0n) is 16.6. The maximum Gasteiger partial charge on any atom is 0.321 e. The first kappa shape index (κ1) is 22.9. The van der Waals surface area contributed by atoms with E-state index in [9.17, 15) is 9.18 Å². The van der Waals surface area contributed by atoms with E-state index in [4.69, 9.17) is 0 Å². The number of urea groups is 1. The number of likely N-dealkylation sites (tertiary alicyclic amines) is 1. The summed E-state index contributed by atoms with van der Waals surface area (Å²) >= 11 is 1.01. The second-order valence-electron chi connectivity index (χ2n) is 7.01. The average molecular weight is 431 g/mol. The van der Waals surface area contributed by atoms with Crippen LogP contribution in [-0.4, -0.2) is 38.8 Å². The number of carbonyl (C=O) groups is 1. The monoisotopic (exact) mass is 430 g/mol. The van der Waals surface area contributed by atoms with E-state index in [1.165, 1.54) is 11.6 Å². The van der Waals surface area contributed by atoms with Gasteiger partial charge in [0.1, 0.15) is 5.69 Å². The SMILES string of the molecule is C=C/C(=C\CC)NC(=O)N1CCC(C(C)(F)Sc2cn(C)nc2C(F)P)CC1. The van der Waals surface area contributed by atoms with E-state index in [1.807, 2.05) is 13.0 Å². The number of halogens is 2. The standard InChI is InChI=1S/C19H29F2N4OPS/c1-5-7-14(6-2)22-18(26)25-10-8-13(9-11-25)19(3,21)28-15-12-24(4)23-16(15)17(20)27/h6-7,12-13,17H,2,5,8-11,27H2,1,3-4H3,(H,22,26)/b14-7+. The molecule has 2 heterocycles. The first-order valence-electron chi connectivity index (χ1n) is 9.37. The number of alkyl halides is 2. The number of hydrogen-bond donors (Lipinski definition) is 1. The van der Waals surface area contributed by atoms with Gasteiger partial charge in [0.2, 0.25) is 0 Å². The summed E-state index contributed by atoms with van der Waals surface area (Å²) in [6, 6.07) is -0.191. The van der Waals surface area contributed by atoms with Gasteiger partial charge in [-0.3, -0.25) is 4.68 Å². The first-order chi connectivity index (χ1) is 13.2. The van der Waals surface area contributed by atoms with Gasteiger partial charge in [-0.1, -0.05) is 40.6 Å². The van der Waals surface area contributed by atoms with Crippen LogP contribution >= 0.6 is 21.0 Å². The summed E-state index contributed by atoms with van der Waals surface area (Å²) < 4.78 is 30.7. The van der Waals surface area contributed by atoms with E-state index in [0.29, 0.717) is 36.5 Å². The van der Waals surface area contributed by atoms with E-state index >= 15 is 4.39 Å². The van der Waals surface area contributed by atoms with E-state index in [2.05, 4.69) is 26.2 Å². The third-order valence-electron chi connectivity index (χ3n) is 4.80. The number of carbonyl (C=O) groups excluding carboxylic acids is 1. The summed E-state index contributed by atoms with van der Waals surface area (Å²) in [5.74, 6) is -1.57. The molecule has 0 bridgehead atoms. The first-order valence-corrected chi connectivity index (χ1v) is 10.9. The lowest BCUT2D eigenvalue weighted by molar-refractivity contribution is 0.120. The molecule has 2 amide bonds. The van der Waals surface area contributed by atoms with Gasteiger partial charge in [0, 0.05) is 37.9 Å². The van der Waals surface area contributed by atoms with Crippen molar-refractivity contribution in [2.45, 2.75) is 48.9 Å². The fraction of sp³-hybridized carbons (Fsp3) is 0.579. The van der Waals surface area contributed by atoms with Crippen LogP contribution in [0.15, 0.2) is 35.5 Å². The van der Waals surface area contributed by atoms with E-state index in [-0.39, 0.29) is 17.6 Å². The fourth-order valence-corrected chi connectivity index (χ4v) is 4.92. The molecule has 9 heteroatoms. The Labute approximate surface area is 172 Å². The smallest absolute Gasteiger partial charge is 0.321 e. The highest BCUT2D eigenvalue weighted by Crippen LogP contribution is 2.46. The molecule has 0 aromatic carbocycles. The minimum absolute atomic E-state index is 0.191. The highest BCUT2D eigenvalue weighted by Gasteiger charge is 2.39. The summed E-state index contributed by atoms with van der Waals surface area (Å²) in [5, 5.41) is 5.34. The van der Waals surface area contributed by atoms with E-state index in [0.717, 1.165) is 18.2 Å². The van der Waals surface area contributed by atoms with Gasteiger partial charge in [-0.15, -0.1) is 0 Å². The molecule has 2 rings (SSSR count). The number of piperidine rings is 1. The molecule has 5 nitrogen and oxygen atoms in total. The molecule has 3 unspecified atom stereocenters. The molecule has 1 saturated heterocycles. The molecule has 1 N–H and O–H groups in total. The number of amides is 2. The molecule has 156 valence electrons. The van der Waals surface area contributed by atoms with Crippen molar-refractivity contribution in [3.63, 3.8) is 0 Å². The van der Waals surface area contributed by atoms with Gasteiger partial charge in [-0.2, -0.15) is 5.10 Å². The zero-order valence-corrected chi connectivity index (χ0v) is 18.6. The molecular formula is C19H29F2N4OPS. The largest absolute Gasteiger partial charge is 0.325 e. The molecule has 0 aliphatic carbocycles. The lowest BCUT2D eigenvalue weighted by atomic mass is 9.92. The van der Waals surface area contributed by atoms with Crippen molar-refractivity contribution in [3.8, 4) is 0 Å². The predicted octanol–water partition coefficient (Wildman–Crippen LogP) is 4.94. The number of rotatable bonds is 7. The molecule has 1 aliphatic heterocycles. The molecule has 0 saturated carbocycles. The van der Waals surface area contributed by atoms with Gasteiger partial charge in [0.05, 0.1) is 4.90 Å². The third-order valence-corrected chi connectivity index (χ3v) is 6.38. The van der Waals surface area contributed by atoms with Gasteiger partial charge in [0.25, 0.3) is 0 Å². The summed E-state index contributed by atoms with van der Waals surface area (Å²) in [6.45, 7) is 8.16. The second-order valence-corrected chi connectivity index (χ2v) is 9.03. The van der Waals surface area contributed by atoms with Crippen LogP contribution in [0.1, 0.15) is 44.7 Å². The molecule has 1 aromatic rings. The van der Waals surface area contributed by atoms with Crippen LogP contribution in [-0.2, 0) is 7.05 Å².